The summed E-state index contributed by atoms with van der Waals surface area (Å²) >= 11 is 1.23. The third-order valence-electron chi connectivity index (χ3n) is 3.73. The third kappa shape index (κ3) is 4.60. The number of carbonyl (C=O) groups is 1. The summed E-state index contributed by atoms with van der Waals surface area (Å²) in [5.41, 5.74) is 2.43. The monoisotopic (exact) mass is 369 g/mol. The van der Waals surface area contributed by atoms with Crippen molar-refractivity contribution in [3.8, 4) is 5.69 Å². The van der Waals surface area contributed by atoms with E-state index < -0.39 is 0 Å². The zero-order valence-electron chi connectivity index (χ0n) is 14.5. The maximum absolute atomic E-state index is 12.3. The number of benzene rings is 1. The Bertz CT molecular complexity index is 935. The fraction of sp³-hybridized carbons (Fsp3) is 0.222. The van der Waals surface area contributed by atoms with E-state index in [0.29, 0.717) is 17.4 Å². The SMILES string of the molecule is Cc1cc(=O)[nH]c(SCC(=O)N(C)Cc2ccc(-n3cccn3)cc2)n1. The number of rotatable bonds is 6. The number of nitrogens with zero attached hydrogens (tertiary/aromatic N) is 4. The van der Waals surface area contributed by atoms with Crippen molar-refractivity contribution in [3.63, 3.8) is 0 Å². The second kappa shape index (κ2) is 8.01. The highest BCUT2D eigenvalue weighted by Crippen LogP contribution is 2.14. The second-order valence-corrected chi connectivity index (χ2v) is 6.81. The van der Waals surface area contributed by atoms with E-state index in [1.807, 2.05) is 36.5 Å². The Morgan fingerprint density at radius 1 is 1.31 bits per heavy atom. The molecule has 0 unspecified atom stereocenters. The number of amides is 1. The van der Waals surface area contributed by atoms with Gasteiger partial charge in [-0.2, -0.15) is 5.10 Å². The lowest BCUT2D eigenvalue weighted by Crippen LogP contribution is -2.28. The van der Waals surface area contributed by atoms with Crippen LogP contribution in [0.5, 0.6) is 0 Å². The normalized spacial score (nSPS) is 10.7. The van der Waals surface area contributed by atoms with Crippen LogP contribution in [0.3, 0.4) is 0 Å². The maximum atomic E-state index is 12.3. The zero-order valence-corrected chi connectivity index (χ0v) is 15.4. The molecule has 0 spiro atoms. The van der Waals surface area contributed by atoms with Crippen molar-refractivity contribution in [2.75, 3.05) is 12.8 Å². The average molecular weight is 369 g/mol. The lowest BCUT2D eigenvalue weighted by molar-refractivity contribution is -0.127. The molecule has 0 atom stereocenters. The number of carbonyl (C=O) groups excluding carboxylic acids is 1. The Morgan fingerprint density at radius 3 is 2.73 bits per heavy atom. The first-order chi connectivity index (χ1) is 12.5. The minimum atomic E-state index is -0.210. The van der Waals surface area contributed by atoms with Crippen LogP contribution in [0.4, 0.5) is 0 Å². The number of thioether (sulfide) groups is 1. The minimum absolute atomic E-state index is 0.0321. The highest BCUT2D eigenvalue weighted by molar-refractivity contribution is 7.99. The molecule has 26 heavy (non-hydrogen) atoms. The molecule has 0 saturated heterocycles. The van der Waals surface area contributed by atoms with Crippen molar-refractivity contribution >= 4 is 17.7 Å². The van der Waals surface area contributed by atoms with E-state index in [2.05, 4.69) is 15.1 Å². The second-order valence-electron chi connectivity index (χ2n) is 5.85. The molecule has 3 aromatic rings. The van der Waals surface area contributed by atoms with Crippen LogP contribution in [-0.4, -0.2) is 43.4 Å². The Labute approximate surface area is 155 Å². The van der Waals surface area contributed by atoms with Gasteiger partial charge in [-0.25, -0.2) is 9.67 Å². The van der Waals surface area contributed by atoms with E-state index in [9.17, 15) is 9.59 Å². The first-order valence-corrected chi connectivity index (χ1v) is 9.03. The van der Waals surface area contributed by atoms with Gasteiger partial charge in [-0.3, -0.25) is 9.59 Å². The van der Waals surface area contributed by atoms with E-state index in [4.69, 9.17) is 0 Å². The molecular weight excluding hydrogens is 350 g/mol. The zero-order chi connectivity index (χ0) is 18.5. The van der Waals surface area contributed by atoms with Crippen LogP contribution >= 0.6 is 11.8 Å². The maximum Gasteiger partial charge on any atom is 0.251 e. The number of nitrogens with one attached hydrogen (secondary N) is 1. The van der Waals surface area contributed by atoms with E-state index in [0.717, 1.165) is 11.3 Å². The Morgan fingerprint density at radius 2 is 2.08 bits per heavy atom. The first kappa shape index (κ1) is 17.9. The molecule has 1 N–H and O–H groups in total. The molecule has 0 fully saturated rings. The van der Waals surface area contributed by atoms with Crippen LogP contribution in [0.2, 0.25) is 0 Å². The van der Waals surface area contributed by atoms with Crippen molar-refractivity contribution < 1.29 is 4.79 Å². The Hall–Kier alpha value is -2.87. The van der Waals surface area contributed by atoms with Crippen LogP contribution in [0.15, 0.2) is 58.7 Å². The van der Waals surface area contributed by atoms with Gasteiger partial charge >= 0.3 is 0 Å². The molecule has 0 bridgehead atoms. The van der Waals surface area contributed by atoms with Gasteiger partial charge in [-0.05, 0) is 30.7 Å². The number of hydrogen-bond donors (Lipinski definition) is 1. The van der Waals surface area contributed by atoms with Crippen molar-refractivity contribution in [2.45, 2.75) is 18.6 Å². The lowest BCUT2D eigenvalue weighted by Gasteiger charge is -2.17. The summed E-state index contributed by atoms with van der Waals surface area (Å²) in [6.45, 7) is 2.26. The molecule has 1 amide bonds. The van der Waals surface area contributed by atoms with Crippen LogP contribution in [0.1, 0.15) is 11.3 Å². The summed E-state index contributed by atoms with van der Waals surface area (Å²) in [6, 6.07) is 11.2. The third-order valence-corrected chi connectivity index (χ3v) is 4.59. The van der Waals surface area contributed by atoms with Gasteiger partial charge in [0.2, 0.25) is 5.91 Å². The largest absolute Gasteiger partial charge is 0.341 e. The number of aryl methyl sites for hydroxylation is 1. The minimum Gasteiger partial charge on any atom is -0.341 e. The topological polar surface area (TPSA) is 83.9 Å². The van der Waals surface area contributed by atoms with E-state index in [1.165, 1.54) is 17.8 Å². The van der Waals surface area contributed by atoms with Crippen molar-refractivity contribution in [1.29, 1.82) is 0 Å². The van der Waals surface area contributed by atoms with Gasteiger partial charge < -0.3 is 9.88 Å². The quantitative estimate of drug-likeness (QED) is 0.531. The van der Waals surface area contributed by atoms with E-state index in [-0.39, 0.29) is 17.2 Å². The smallest absolute Gasteiger partial charge is 0.251 e. The molecular formula is C18H19N5O2S. The number of aromatic nitrogens is 4. The van der Waals surface area contributed by atoms with Gasteiger partial charge in [0.05, 0.1) is 11.4 Å². The fourth-order valence-corrected chi connectivity index (χ4v) is 3.26. The van der Waals surface area contributed by atoms with Gasteiger partial charge in [-0.1, -0.05) is 23.9 Å². The first-order valence-electron chi connectivity index (χ1n) is 8.05. The molecule has 3 rings (SSSR count). The fourth-order valence-electron chi connectivity index (χ4n) is 2.40. The van der Waals surface area contributed by atoms with Crippen LogP contribution in [0, 0.1) is 6.92 Å². The predicted octanol–water partition coefficient (Wildman–Crippen LogP) is 2.01. The summed E-state index contributed by atoms with van der Waals surface area (Å²) in [7, 11) is 1.76. The van der Waals surface area contributed by atoms with Crippen LogP contribution in [0.25, 0.3) is 5.69 Å². The number of H-pyrrole nitrogens is 1. The number of hydrogen-bond acceptors (Lipinski definition) is 5. The van der Waals surface area contributed by atoms with E-state index >= 15 is 0 Å². The molecule has 0 aliphatic rings. The van der Waals surface area contributed by atoms with Crippen molar-refractivity contribution in [1.82, 2.24) is 24.6 Å². The van der Waals surface area contributed by atoms with Gasteiger partial charge in [0.25, 0.3) is 5.56 Å². The van der Waals surface area contributed by atoms with Crippen molar-refractivity contribution in [3.05, 3.63) is 70.4 Å². The Balaban J connectivity index is 1.56. The molecule has 8 heteroatoms. The molecule has 7 nitrogen and oxygen atoms in total. The average Bonchev–Trinajstić information content (AvgIpc) is 3.14. The summed E-state index contributed by atoms with van der Waals surface area (Å²) in [5, 5.41) is 4.65. The molecule has 134 valence electrons. The van der Waals surface area contributed by atoms with Gasteiger partial charge in [0.1, 0.15) is 0 Å². The van der Waals surface area contributed by atoms with Gasteiger partial charge in [0, 0.05) is 37.7 Å². The Kier molecular flexibility index (Phi) is 5.52. The van der Waals surface area contributed by atoms with Gasteiger partial charge in [-0.15, -0.1) is 0 Å². The predicted molar refractivity (Wildman–Crippen MR) is 100 cm³/mol. The summed E-state index contributed by atoms with van der Waals surface area (Å²) in [4.78, 5) is 32.2. The highest BCUT2D eigenvalue weighted by Gasteiger charge is 2.11. The highest BCUT2D eigenvalue weighted by atomic mass is 32.2. The summed E-state index contributed by atoms with van der Waals surface area (Å²) < 4.78 is 1.78. The lowest BCUT2D eigenvalue weighted by atomic mass is 10.2. The van der Waals surface area contributed by atoms with Crippen molar-refractivity contribution in [2.24, 2.45) is 0 Å². The molecule has 0 saturated carbocycles. The van der Waals surface area contributed by atoms with Gasteiger partial charge in [0.15, 0.2) is 5.16 Å². The summed E-state index contributed by atoms with van der Waals surface area (Å²) in [5.74, 6) is 0.184. The molecule has 1 aromatic carbocycles. The summed E-state index contributed by atoms with van der Waals surface area (Å²) in [6.07, 6.45) is 3.61. The molecule has 0 radical (unpaired) electrons. The molecule has 0 aliphatic carbocycles. The molecule has 0 aliphatic heterocycles. The molecule has 2 aromatic heterocycles. The molecule has 2 heterocycles. The number of aromatic amines is 1. The van der Waals surface area contributed by atoms with E-state index in [1.54, 1.807) is 29.7 Å². The van der Waals surface area contributed by atoms with Crippen LogP contribution < -0.4 is 5.56 Å². The van der Waals surface area contributed by atoms with Crippen LogP contribution in [-0.2, 0) is 11.3 Å². The standard InChI is InChI=1S/C18H19N5O2S/c1-13-10-16(24)21-18(20-13)26-12-17(25)22(2)11-14-4-6-15(7-5-14)23-9-3-8-19-23/h3-10H,11-12H2,1-2H3,(H,20,21,24).